The molecule has 2 saturated heterocycles. The van der Waals surface area contributed by atoms with Crippen LogP contribution in [0.1, 0.15) is 34.1 Å². The summed E-state index contributed by atoms with van der Waals surface area (Å²) in [6, 6.07) is 9.59. The third-order valence-electron chi connectivity index (χ3n) is 4.78. The summed E-state index contributed by atoms with van der Waals surface area (Å²) in [5.74, 6) is 2.18. The Hall–Kier alpha value is -1.79. The Morgan fingerprint density at radius 2 is 2.20 bits per heavy atom. The molecule has 2 aromatic rings. The number of nitrogens with zero attached hydrogens (tertiary/aromatic N) is 2. The summed E-state index contributed by atoms with van der Waals surface area (Å²) in [5, 5.41) is 0. The van der Waals surface area contributed by atoms with Gasteiger partial charge in [0.05, 0.1) is 23.2 Å². The molecule has 0 N–H and O–H groups in total. The molecule has 0 aromatic carbocycles. The zero-order valence-electron chi connectivity index (χ0n) is 14.5. The molecule has 5 nitrogen and oxygen atoms in total. The minimum Gasteiger partial charge on any atom is -0.456 e. The maximum absolute atomic E-state index is 12.4. The largest absolute Gasteiger partial charge is 0.456 e. The van der Waals surface area contributed by atoms with Crippen LogP contribution in [0.5, 0.6) is 0 Å². The van der Waals surface area contributed by atoms with Gasteiger partial charge in [-0.2, -0.15) is 0 Å². The number of rotatable bonds is 4. The van der Waals surface area contributed by atoms with Crippen molar-refractivity contribution in [1.29, 1.82) is 0 Å². The van der Waals surface area contributed by atoms with Crippen LogP contribution in [-0.4, -0.2) is 45.5 Å². The fraction of sp³-hybridized carbons (Fsp3) is 0.474. The van der Waals surface area contributed by atoms with Gasteiger partial charge >= 0.3 is 0 Å². The third-order valence-corrected chi connectivity index (χ3v) is 6.36. The molecule has 0 bridgehead atoms. The normalized spacial score (nSPS) is 21.5. The number of furan rings is 1. The fourth-order valence-corrected chi connectivity index (χ4v) is 5.06. The standard InChI is InChI=1S/C19H22N2O3S/c1-13-4-3-5-15(20-13)9-23-16-8-19(25-10-16)11-21(12-19)18(22)17-7-6-14(2)24-17/h3-7,16H,8-12H2,1-2H3/t16-/m0/s1. The monoisotopic (exact) mass is 358 g/mol. The first-order valence-electron chi connectivity index (χ1n) is 8.57. The van der Waals surface area contributed by atoms with E-state index < -0.39 is 0 Å². The minimum atomic E-state index is -0.00680. The predicted molar refractivity (Wildman–Crippen MR) is 96.7 cm³/mol. The number of aromatic nitrogens is 1. The molecule has 1 amide bonds. The van der Waals surface area contributed by atoms with Crippen molar-refractivity contribution >= 4 is 17.7 Å². The van der Waals surface area contributed by atoms with Crippen LogP contribution in [0.15, 0.2) is 34.7 Å². The van der Waals surface area contributed by atoms with E-state index in [2.05, 4.69) is 4.98 Å². The molecule has 2 aliphatic heterocycles. The molecule has 1 spiro atoms. The molecule has 1 atom stereocenters. The highest BCUT2D eigenvalue weighted by Gasteiger charge is 2.51. The zero-order valence-corrected chi connectivity index (χ0v) is 15.3. The van der Waals surface area contributed by atoms with Crippen LogP contribution in [0, 0.1) is 13.8 Å². The van der Waals surface area contributed by atoms with Crippen LogP contribution in [-0.2, 0) is 11.3 Å². The molecule has 132 valence electrons. The summed E-state index contributed by atoms with van der Waals surface area (Å²) in [7, 11) is 0. The lowest BCUT2D eigenvalue weighted by atomic mass is 9.92. The summed E-state index contributed by atoms with van der Waals surface area (Å²) in [6.45, 7) is 5.95. The molecule has 4 heterocycles. The smallest absolute Gasteiger partial charge is 0.289 e. The van der Waals surface area contributed by atoms with Gasteiger partial charge in [0.15, 0.2) is 5.76 Å². The van der Waals surface area contributed by atoms with Gasteiger partial charge in [0.2, 0.25) is 0 Å². The lowest BCUT2D eigenvalue weighted by Crippen LogP contribution is -2.60. The first kappa shape index (κ1) is 16.7. The van der Waals surface area contributed by atoms with Gasteiger partial charge in [-0.15, -0.1) is 11.8 Å². The topological polar surface area (TPSA) is 55.6 Å². The summed E-state index contributed by atoms with van der Waals surface area (Å²) >= 11 is 1.93. The average Bonchev–Trinajstić information content (AvgIpc) is 3.18. The van der Waals surface area contributed by atoms with Gasteiger partial charge < -0.3 is 14.1 Å². The first-order valence-corrected chi connectivity index (χ1v) is 9.55. The van der Waals surface area contributed by atoms with E-state index in [0.717, 1.165) is 42.4 Å². The van der Waals surface area contributed by atoms with Crippen molar-refractivity contribution in [3.05, 3.63) is 53.2 Å². The van der Waals surface area contributed by atoms with Crippen LogP contribution in [0.4, 0.5) is 0 Å². The number of hydrogen-bond donors (Lipinski definition) is 0. The van der Waals surface area contributed by atoms with E-state index >= 15 is 0 Å². The minimum absolute atomic E-state index is 0.00680. The summed E-state index contributed by atoms with van der Waals surface area (Å²) in [4.78, 5) is 18.7. The Labute approximate surface area is 151 Å². The number of pyridine rings is 1. The summed E-state index contributed by atoms with van der Waals surface area (Å²) in [5.41, 5.74) is 1.99. The highest BCUT2D eigenvalue weighted by atomic mass is 32.2. The van der Waals surface area contributed by atoms with Crippen molar-refractivity contribution < 1.29 is 13.9 Å². The Morgan fingerprint density at radius 3 is 2.92 bits per heavy atom. The molecule has 25 heavy (non-hydrogen) atoms. The second-order valence-corrected chi connectivity index (χ2v) is 8.46. The van der Waals surface area contributed by atoms with Crippen molar-refractivity contribution in [2.45, 2.75) is 37.7 Å². The van der Waals surface area contributed by atoms with Crippen molar-refractivity contribution in [1.82, 2.24) is 9.88 Å². The Morgan fingerprint density at radius 1 is 1.36 bits per heavy atom. The molecule has 0 saturated carbocycles. The lowest BCUT2D eigenvalue weighted by Gasteiger charge is -2.47. The molecule has 2 aromatic heterocycles. The van der Waals surface area contributed by atoms with E-state index in [0.29, 0.717) is 12.4 Å². The Balaban J connectivity index is 1.28. The average molecular weight is 358 g/mol. The zero-order chi connectivity index (χ0) is 17.4. The second-order valence-electron chi connectivity index (χ2n) is 6.97. The van der Waals surface area contributed by atoms with Gasteiger partial charge in [-0.3, -0.25) is 9.78 Å². The van der Waals surface area contributed by atoms with E-state index in [4.69, 9.17) is 9.15 Å². The van der Waals surface area contributed by atoms with Crippen LogP contribution >= 0.6 is 11.8 Å². The molecular weight excluding hydrogens is 336 g/mol. The maximum Gasteiger partial charge on any atom is 0.289 e. The molecule has 0 radical (unpaired) electrons. The van der Waals surface area contributed by atoms with Crippen molar-refractivity contribution in [2.75, 3.05) is 18.8 Å². The number of hydrogen-bond acceptors (Lipinski definition) is 5. The fourth-order valence-electron chi connectivity index (χ4n) is 3.51. The second kappa shape index (κ2) is 6.50. The van der Waals surface area contributed by atoms with Crippen molar-refractivity contribution in [3.63, 3.8) is 0 Å². The number of thioether (sulfide) groups is 1. The number of likely N-dealkylation sites (tertiary alicyclic amines) is 1. The van der Waals surface area contributed by atoms with Gasteiger partial charge in [-0.1, -0.05) is 6.07 Å². The van der Waals surface area contributed by atoms with E-state index in [1.165, 1.54) is 0 Å². The third kappa shape index (κ3) is 3.46. The van der Waals surface area contributed by atoms with E-state index in [1.54, 1.807) is 6.07 Å². The van der Waals surface area contributed by atoms with Crippen LogP contribution in [0.3, 0.4) is 0 Å². The molecule has 2 aliphatic rings. The molecular formula is C19H22N2O3S. The maximum atomic E-state index is 12.4. The van der Waals surface area contributed by atoms with Gasteiger partial charge in [-0.05, 0) is 44.5 Å². The summed E-state index contributed by atoms with van der Waals surface area (Å²) < 4.78 is 11.7. The number of aryl methyl sites for hydroxylation is 2. The summed E-state index contributed by atoms with van der Waals surface area (Å²) in [6.07, 6.45) is 1.22. The highest BCUT2D eigenvalue weighted by molar-refractivity contribution is 8.01. The lowest BCUT2D eigenvalue weighted by molar-refractivity contribution is 0.0233. The van der Waals surface area contributed by atoms with Gasteiger partial charge in [-0.25, -0.2) is 0 Å². The molecule has 4 rings (SSSR count). The van der Waals surface area contributed by atoms with Crippen LogP contribution < -0.4 is 0 Å². The first-order chi connectivity index (χ1) is 12.0. The quantitative estimate of drug-likeness (QED) is 0.840. The molecule has 0 unspecified atom stereocenters. The number of ether oxygens (including phenoxy) is 1. The van der Waals surface area contributed by atoms with E-state index in [1.807, 2.05) is 54.8 Å². The highest BCUT2D eigenvalue weighted by Crippen LogP contribution is 2.46. The van der Waals surface area contributed by atoms with Crippen LogP contribution in [0.25, 0.3) is 0 Å². The van der Waals surface area contributed by atoms with Crippen LogP contribution in [0.2, 0.25) is 0 Å². The molecule has 0 aliphatic carbocycles. The van der Waals surface area contributed by atoms with Gasteiger partial charge in [0.25, 0.3) is 5.91 Å². The predicted octanol–water partition coefficient (Wildman–Crippen LogP) is 3.21. The Bertz CT molecular complexity index is 782. The van der Waals surface area contributed by atoms with Gasteiger partial charge in [0.1, 0.15) is 5.76 Å². The van der Waals surface area contributed by atoms with Crippen molar-refractivity contribution in [2.24, 2.45) is 0 Å². The van der Waals surface area contributed by atoms with Crippen molar-refractivity contribution in [3.8, 4) is 0 Å². The molecule has 6 heteroatoms. The number of carbonyl (C=O) groups is 1. The SMILES string of the molecule is Cc1cccc(CO[C@@H]2CSC3(C2)CN(C(=O)c2ccc(C)o2)C3)n1. The van der Waals surface area contributed by atoms with Gasteiger partial charge in [0, 0.05) is 24.5 Å². The van der Waals surface area contributed by atoms with E-state index in [9.17, 15) is 4.79 Å². The number of amides is 1. The number of carbonyl (C=O) groups excluding carboxylic acids is 1. The Kier molecular flexibility index (Phi) is 4.33. The van der Waals surface area contributed by atoms with E-state index in [-0.39, 0.29) is 16.8 Å². The molecule has 2 fully saturated rings.